The van der Waals surface area contributed by atoms with E-state index in [2.05, 4.69) is 4.74 Å². The van der Waals surface area contributed by atoms with E-state index in [1.165, 1.54) is 0 Å². The van der Waals surface area contributed by atoms with Crippen molar-refractivity contribution in [3.63, 3.8) is 0 Å². The molecule has 0 spiro atoms. The SMILES string of the molecule is CCCCC1(O)C(=O)OC(=O)C1O. The van der Waals surface area contributed by atoms with E-state index in [1.807, 2.05) is 6.92 Å². The molecule has 1 saturated heterocycles. The zero-order valence-corrected chi connectivity index (χ0v) is 7.32. The topological polar surface area (TPSA) is 83.8 Å². The van der Waals surface area contributed by atoms with Crippen LogP contribution in [0.15, 0.2) is 0 Å². The summed E-state index contributed by atoms with van der Waals surface area (Å²) >= 11 is 0. The maximum atomic E-state index is 11.0. The Morgan fingerprint density at radius 1 is 1.54 bits per heavy atom. The fraction of sp³-hybridized carbons (Fsp3) is 0.750. The van der Waals surface area contributed by atoms with Crippen molar-refractivity contribution in [2.75, 3.05) is 0 Å². The van der Waals surface area contributed by atoms with Crippen LogP contribution in [0.2, 0.25) is 0 Å². The molecule has 2 unspecified atom stereocenters. The van der Waals surface area contributed by atoms with Crippen LogP contribution in [0, 0.1) is 0 Å². The predicted octanol–water partition coefficient (Wildman–Crippen LogP) is -0.648. The van der Waals surface area contributed by atoms with E-state index in [1.54, 1.807) is 0 Å². The van der Waals surface area contributed by atoms with Gasteiger partial charge in [0.05, 0.1) is 0 Å². The Balaban J connectivity index is 2.75. The summed E-state index contributed by atoms with van der Waals surface area (Å²) in [6.45, 7) is 1.87. The van der Waals surface area contributed by atoms with Gasteiger partial charge in [-0.15, -0.1) is 0 Å². The monoisotopic (exact) mass is 188 g/mol. The Morgan fingerprint density at radius 2 is 2.15 bits per heavy atom. The zero-order valence-electron chi connectivity index (χ0n) is 7.32. The summed E-state index contributed by atoms with van der Waals surface area (Å²) in [6, 6.07) is 0. The van der Waals surface area contributed by atoms with E-state index in [-0.39, 0.29) is 6.42 Å². The number of esters is 2. The summed E-state index contributed by atoms with van der Waals surface area (Å²) < 4.78 is 4.11. The van der Waals surface area contributed by atoms with Gasteiger partial charge in [0.25, 0.3) is 0 Å². The number of carbonyl (C=O) groups excluding carboxylic acids is 2. The van der Waals surface area contributed by atoms with Crippen molar-refractivity contribution < 1.29 is 24.5 Å². The molecule has 13 heavy (non-hydrogen) atoms. The van der Waals surface area contributed by atoms with E-state index >= 15 is 0 Å². The quantitative estimate of drug-likeness (QED) is 0.454. The van der Waals surface area contributed by atoms with Crippen LogP contribution in [0.5, 0.6) is 0 Å². The lowest BCUT2D eigenvalue weighted by Gasteiger charge is -2.19. The van der Waals surface area contributed by atoms with Crippen molar-refractivity contribution in [1.82, 2.24) is 0 Å². The maximum Gasteiger partial charge on any atom is 0.349 e. The Labute approximate surface area is 75.3 Å². The highest BCUT2D eigenvalue weighted by molar-refractivity contribution is 6.02. The third kappa shape index (κ3) is 1.57. The van der Waals surface area contributed by atoms with Crippen molar-refractivity contribution in [3.8, 4) is 0 Å². The van der Waals surface area contributed by atoms with Gasteiger partial charge >= 0.3 is 11.9 Å². The van der Waals surface area contributed by atoms with E-state index in [0.29, 0.717) is 6.42 Å². The van der Waals surface area contributed by atoms with Crippen LogP contribution in [-0.4, -0.2) is 33.9 Å². The first kappa shape index (κ1) is 10.1. The molecule has 0 bridgehead atoms. The third-order valence-electron chi connectivity index (χ3n) is 2.13. The molecule has 1 heterocycles. The van der Waals surface area contributed by atoms with Crippen molar-refractivity contribution in [2.45, 2.75) is 37.9 Å². The van der Waals surface area contributed by atoms with Gasteiger partial charge in [-0.2, -0.15) is 0 Å². The lowest BCUT2D eigenvalue weighted by Crippen LogP contribution is -2.45. The molecule has 5 nitrogen and oxygen atoms in total. The molecular weight excluding hydrogens is 176 g/mol. The van der Waals surface area contributed by atoms with Gasteiger partial charge in [0.1, 0.15) is 0 Å². The lowest BCUT2D eigenvalue weighted by atomic mass is 9.93. The highest BCUT2D eigenvalue weighted by Crippen LogP contribution is 2.27. The van der Waals surface area contributed by atoms with Crippen LogP contribution in [0.1, 0.15) is 26.2 Å². The Bertz CT molecular complexity index is 237. The van der Waals surface area contributed by atoms with Crippen molar-refractivity contribution in [2.24, 2.45) is 0 Å². The number of carbonyl (C=O) groups is 2. The van der Waals surface area contributed by atoms with Crippen LogP contribution >= 0.6 is 0 Å². The molecule has 74 valence electrons. The highest BCUT2D eigenvalue weighted by atomic mass is 16.6. The molecule has 0 amide bonds. The lowest BCUT2D eigenvalue weighted by molar-refractivity contribution is -0.159. The molecule has 0 aromatic heterocycles. The van der Waals surface area contributed by atoms with E-state index in [0.717, 1.165) is 6.42 Å². The molecule has 1 rings (SSSR count). The van der Waals surface area contributed by atoms with Gasteiger partial charge in [0.2, 0.25) is 0 Å². The number of aliphatic hydroxyl groups excluding tert-OH is 1. The molecule has 0 radical (unpaired) electrons. The van der Waals surface area contributed by atoms with Crippen molar-refractivity contribution in [1.29, 1.82) is 0 Å². The minimum Gasteiger partial charge on any atom is -0.389 e. The molecule has 0 aliphatic carbocycles. The molecule has 1 fully saturated rings. The van der Waals surface area contributed by atoms with E-state index in [4.69, 9.17) is 5.11 Å². The molecule has 5 heteroatoms. The number of hydrogen-bond acceptors (Lipinski definition) is 5. The van der Waals surface area contributed by atoms with Gasteiger partial charge in [-0.3, -0.25) is 0 Å². The number of ether oxygens (including phenoxy) is 1. The Morgan fingerprint density at radius 3 is 2.54 bits per heavy atom. The van der Waals surface area contributed by atoms with Gasteiger partial charge in [0, 0.05) is 0 Å². The number of rotatable bonds is 3. The fourth-order valence-electron chi connectivity index (χ4n) is 1.23. The average Bonchev–Trinajstić information content (AvgIpc) is 2.28. The second-order valence-corrected chi connectivity index (χ2v) is 3.14. The Hall–Kier alpha value is -0.940. The minimum atomic E-state index is -2.02. The minimum absolute atomic E-state index is 0.0508. The molecule has 0 aromatic rings. The second-order valence-electron chi connectivity index (χ2n) is 3.14. The van der Waals surface area contributed by atoms with E-state index < -0.39 is 23.6 Å². The molecule has 1 aliphatic rings. The molecular formula is C8H12O5. The second kappa shape index (κ2) is 3.43. The Kier molecular flexibility index (Phi) is 2.68. The average molecular weight is 188 g/mol. The molecule has 2 atom stereocenters. The third-order valence-corrected chi connectivity index (χ3v) is 2.13. The van der Waals surface area contributed by atoms with E-state index in [9.17, 15) is 14.7 Å². The summed E-state index contributed by atoms with van der Waals surface area (Å²) in [5.41, 5.74) is -2.02. The van der Waals surface area contributed by atoms with Crippen LogP contribution < -0.4 is 0 Å². The van der Waals surface area contributed by atoms with Gasteiger partial charge in [0.15, 0.2) is 11.7 Å². The van der Waals surface area contributed by atoms with Crippen LogP contribution in [0.4, 0.5) is 0 Å². The van der Waals surface area contributed by atoms with Crippen LogP contribution in [0.3, 0.4) is 0 Å². The fourth-order valence-corrected chi connectivity index (χ4v) is 1.23. The number of hydrogen-bond donors (Lipinski definition) is 2. The number of cyclic esters (lactones) is 2. The van der Waals surface area contributed by atoms with Gasteiger partial charge in [-0.1, -0.05) is 19.8 Å². The van der Waals surface area contributed by atoms with Crippen LogP contribution in [0.25, 0.3) is 0 Å². The molecule has 1 aliphatic heterocycles. The summed E-state index contributed by atoms with van der Waals surface area (Å²) in [5.74, 6) is -2.11. The van der Waals surface area contributed by atoms with Crippen molar-refractivity contribution in [3.05, 3.63) is 0 Å². The van der Waals surface area contributed by atoms with Gasteiger partial charge < -0.3 is 14.9 Å². The summed E-state index contributed by atoms with van der Waals surface area (Å²) in [4.78, 5) is 21.7. The number of unbranched alkanes of at least 4 members (excludes halogenated alkanes) is 1. The predicted molar refractivity (Wildman–Crippen MR) is 41.6 cm³/mol. The first-order chi connectivity index (χ1) is 6.02. The van der Waals surface area contributed by atoms with Crippen LogP contribution in [-0.2, 0) is 14.3 Å². The molecule has 0 saturated carbocycles. The van der Waals surface area contributed by atoms with Gasteiger partial charge in [-0.25, -0.2) is 9.59 Å². The first-order valence-electron chi connectivity index (χ1n) is 4.19. The van der Waals surface area contributed by atoms with Crippen molar-refractivity contribution >= 4 is 11.9 Å². The molecule has 0 aromatic carbocycles. The zero-order chi connectivity index (χ0) is 10.1. The maximum absolute atomic E-state index is 11.0. The summed E-state index contributed by atoms with van der Waals surface area (Å²) in [5, 5.41) is 18.8. The largest absolute Gasteiger partial charge is 0.389 e. The standard InChI is InChI=1S/C8H12O5/c1-2-3-4-8(12)5(9)6(10)13-7(8)11/h5,9,12H,2-4H2,1H3. The normalized spacial score (nSPS) is 33.6. The molecule has 2 N–H and O–H groups in total. The summed E-state index contributed by atoms with van der Waals surface area (Å²) in [7, 11) is 0. The first-order valence-corrected chi connectivity index (χ1v) is 4.19. The highest BCUT2D eigenvalue weighted by Gasteiger charge is 2.55. The smallest absolute Gasteiger partial charge is 0.349 e. The van der Waals surface area contributed by atoms with Gasteiger partial charge in [-0.05, 0) is 6.42 Å². The number of aliphatic hydroxyl groups is 2. The summed E-state index contributed by atoms with van der Waals surface area (Å²) in [6.07, 6.45) is -0.367.